The van der Waals surface area contributed by atoms with E-state index in [9.17, 15) is 0 Å². The van der Waals surface area contributed by atoms with Gasteiger partial charge in [-0.05, 0) is 31.6 Å². The lowest BCUT2D eigenvalue weighted by atomic mass is 9.83. The first kappa shape index (κ1) is 14.0. The Hall–Kier alpha value is -0.0400. The molecule has 0 atom stereocenters. The maximum Gasteiger partial charge on any atom is 0.00390 e. The van der Waals surface area contributed by atoms with Crippen molar-refractivity contribution in [3.63, 3.8) is 0 Å². The number of hydrogen-bond acceptors (Lipinski definition) is 1. The van der Waals surface area contributed by atoms with Crippen LogP contribution in [0.2, 0.25) is 0 Å². The van der Waals surface area contributed by atoms with Gasteiger partial charge in [0.05, 0.1) is 0 Å². The summed E-state index contributed by atoms with van der Waals surface area (Å²) in [7, 11) is 0. The van der Waals surface area contributed by atoms with E-state index >= 15 is 0 Å². The van der Waals surface area contributed by atoms with Crippen molar-refractivity contribution in [3.05, 3.63) is 0 Å². The molecule has 0 heterocycles. The minimum absolute atomic E-state index is 0.519. The highest BCUT2D eigenvalue weighted by molar-refractivity contribution is 4.74. The number of nitrogens with two attached hydrogens (primary N) is 1. The van der Waals surface area contributed by atoms with Crippen molar-refractivity contribution in [3.8, 4) is 0 Å². The van der Waals surface area contributed by atoms with Gasteiger partial charge >= 0.3 is 0 Å². The van der Waals surface area contributed by atoms with Crippen molar-refractivity contribution >= 4 is 0 Å². The molecule has 0 radical (unpaired) electrons. The zero-order chi connectivity index (χ0) is 11.6. The van der Waals surface area contributed by atoms with Gasteiger partial charge in [0, 0.05) is 6.04 Å². The summed E-state index contributed by atoms with van der Waals surface area (Å²) in [6.07, 6.45) is 16.9. The molecule has 1 saturated carbocycles. The molecule has 0 saturated heterocycles. The monoisotopic (exact) mass is 225 g/mol. The fraction of sp³-hybridized carbons (Fsp3) is 1.00. The van der Waals surface area contributed by atoms with Gasteiger partial charge in [0.1, 0.15) is 0 Å². The third-order valence-corrected chi connectivity index (χ3v) is 4.11. The number of rotatable bonds is 8. The van der Waals surface area contributed by atoms with E-state index in [0.717, 1.165) is 5.92 Å². The van der Waals surface area contributed by atoms with Crippen LogP contribution in [0.4, 0.5) is 0 Å². The van der Waals surface area contributed by atoms with Gasteiger partial charge in [-0.15, -0.1) is 0 Å². The highest BCUT2D eigenvalue weighted by atomic mass is 14.6. The molecule has 0 aromatic carbocycles. The van der Waals surface area contributed by atoms with E-state index in [1.54, 1.807) is 0 Å². The van der Waals surface area contributed by atoms with E-state index in [-0.39, 0.29) is 0 Å². The maximum absolute atomic E-state index is 5.92. The second kappa shape index (κ2) is 9.04. The highest BCUT2D eigenvalue weighted by Crippen LogP contribution is 2.27. The molecule has 0 bridgehead atoms. The first-order valence-electron chi connectivity index (χ1n) is 7.58. The van der Waals surface area contributed by atoms with Crippen LogP contribution in [0.3, 0.4) is 0 Å². The van der Waals surface area contributed by atoms with Gasteiger partial charge in [0.25, 0.3) is 0 Å². The van der Waals surface area contributed by atoms with E-state index in [0.29, 0.717) is 6.04 Å². The van der Waals surface area contributed by atoms with Crippen LogP contribution in [0.1, 0.15) is 84.0 Å². The molecule has 1 heteroatoms. The standard InChI is InChI=1S/C15H31N/c1-2-3-4-5-6-7-8-9-14-10-12-15(16)13-11-14/h14-15H,2-13,16H2,1H3. The molecule has 0 aliphatic heterocycles. The van der Waals surface area contributed by atoms with E-state index in [1.807, 2.05) is 0 Å². The molecule has 1 nitrogen and oxygen atoms in total. The summed E-state index contributed by atoms with van der Waals surface area (Å²) in [4.78, 5) is 0. The largest absolute Gasteiger partial charge is 0.328 e. The molecular formula is C15H31N. The lowest BCUT2D eigenvalue weighted by Crippen LogP contribution is -2.26. The summed E-state index contributed by atoms with van der Waals surface area (Å²) >= 11 is 0. The Morgan fingerprint density at radius 3 is 2.00 bits per heavy atom. The van der Waals surface area contributed by atoms with Crippen molar-refractivity contribution in [1.82, 2.24) is 0 Å². The van der Waals surface area contributed by atoms with Crippen molar-refractivity contribution in [2.45, 2.75) is 90.0 Å². The average Bonchev–Trinajstić information content (AvgIpc) is 2.30. The molecule has 1 aliphatic carbocycles. The Balaban J connectivity index is 1.84. The molecule has 96 valence electrons. The molecule has 1 fully saturated rings. The minimum atomic E-state index is 0.519. The first-order valence-corrected chi connectivity index (χ1v) is 7.58. The van der Waals surface area contributed by atoms with Gasteiger partial charge < -0.3 is 5.73 Å². The smallest absolute Gasteiger partial charge is 0.00390 e. The zero-order valence-electron chi connectivity index (χ0n) is 11.2. The van der Waals surface area contributed by atoms with Crippen LogP contribution in [-0.4, -0.2) is 6.04 Å². The van der Waals surface area contributed by atoms with Crippen molar-refractivity contribution in [2.24, 2.45) is 11.7 Å². The predicted molar refractivity (Wildman–Crippen MR) is 72.5 cm³/mol. The molecule has 0 spiro atoms. The third kappa shape index (κ3) is 6.52. The molecule has 2 N–H and O–H groups in total. The van der Waals surface area contributed by atoms with Gasteiger partial charge in [0.2, 0.25) is 0 Å². The Labute approximate surface area is 102 Å². The van der Waals surface area contributed by atoms with Crippen LogP contribution in [0.5, 0.6) is 0 Å². The van der Waals surface area contributed by atoms with E-state index in [2.05, 4.69) is 6.92 Å². The van der Waals surface area contributed by atoms with Crippen LogP contribution in [-0.2, 0) is 0 Å². The maximum atomic E-state index is 5.92. The van der Waals surface area contributed by atoms with Crippen LogP contribution < -0.4 is 5.73 Å². The summed E-state index contributed by atoms with van der Waals surface area (Å²) in [6, 6.07) is 0.519. The van der Waals surface area contributed by atoms with E-state index in [1.165, 1.54) is 77.0 Å². The summed E-state index contributed by atoms with van der Waals surface area (Å²) < 4.78 is 0. The number of unbranched alkanes of at least 4 members (excludes halogenated alkanes) is 6. The van der Waals surface area contributed by atoms with Crippen LogP contribution in [0, 0.1) is 5.92 Å². The zero-order valence-corrected chi connectivity index (χ0v) is 11.2. The average molecular weight is 225 g/mol. The summed E-state index contributed by atoms with van der Waals surface area (Å²) in [5.41, 5.74) is 5.92. The van der Waals surface area contributed by atoms with Gasteiger partial charge in [-0.3, -0.25) is 0 Å². The Kier molecular flexibility index (Phi) is 7.92. The topological polar surface area (TPSA) is 26.0 Å². The molecule has 0 aromatic rings. The molecule has 1 rings (SSSR count). The van der Waals surface area contributed by atoms with Crippen LogP contribution in [0.15, 0.2) is 0 Å². The first-order chi connectivity index (χ1) is 7.83. The van der Waals surface area contributed by atoms with E-state index < -0.39 is 0 Å². The second-order valence-electron chi connectivity index (χ2n) is 5.69. The molecule has 1 aliphatic rings. The highest BCUT2D eigenvalue weighted by Gasteiger charge is 2.17. The van der Waals surface area contributed by atoms with Gasteiger partial charge in [-0.1, -0.05) is 58.3 Å². The number of hydrogen-bond donors (Lipinski definition) is 1. The molecule has 0 unspecified atom stereocenters. The SMILES string of the molecule is CCCCCCCCCC1CCC(N)CC1. The van der Waals surface area contributed by atoms with E-state index in [4.69, 9.17) is 5.73 Å². The molecule has 16 heavy (non-hydrogen) atoms. The third-order valence-electron chi connectivity index (χ3n) is 4.11. The van der Waals surface area contributed by atoms with Gasteiger partial charge in [-0.2, -0.15) is 0 Å². The minimum Gasteiger partial charge on any atom is -0.328 e. The summed E-state index contributed by atoms with van der Waals surface area (Å²) in [5.74, 6) is 1.01. The Bertz CT molecular complexity index is 148. The van der Waals surface area contributed by atoms with Gasteiger partial charge in [0.15, 0.2) is 0 Å². The summed E-state index contributed by atoms with van der Waals surface area (Å²) in [5, 5.41) is 0. The lowest BCUT2D eigenvalue weighted by Gasteiger charge is -2.25. The van der Waals surface area contributed by atoms with Crippen LogP contribution >= 0.6 is 0 Å². The van der Waals surface area contributed by atoms with Crippen molar-refractivity contribution in [1.29, 1.82) is 0 Å². The summed E-state index contributed by atoms with van der Waals surface area (Å²) in [6.45, 7) is 2.29. The fourth-order valence-electron chi connectivity index (χ4n) is 2.87. The fourth-order valence-corrected chi connectivity index (χ4v) is 2.87. The normalized spacial score (nSPS) is 25.9. The second-order valence-corrected chi connectivity index (χ2v) is 5.69. The van der Waals surface area contributed by atoms with Gasteiger partial charge in [-0.25, -0.2) is 0 Å². The quantitative estimate of drug-likeness (QED) is 0.598. The Morgan fingerprint density at radius 1 is 0.812 bits per heavy atom. The van der Waals surface area contributed by atoms with Crippen molar-refractivity contribution in [2.75, 3.05) is 0 Å². The van der Waals surface area contributed by atoms with Crippen LogP contribution in [0.25, 0.3) is 0 Å². The molecule has 0 aromatic heterocycles. The molecular weight excluding hydrogens is 194 g/mol. The predicted octanol–water partition coefficient (Wildman–Crippen LogP) is 4.64. The Morgan fingerprint density at radius 2 is 1.38 bits per heavy atom. The lowest BCUT2D eigenvalue weighted by molar-refractivity contribution is 0.302. The van der Waals surface area contributed by atoms with Crippen molar-refractivity contribution < 1.29 is 0 Å². The molecule has 0 amide bonds.